The second kappa shape index (κ2) is 7.41. The maximum absolute atomic E-state index is 13.8. The van der Waals surface area contributed by atoms with Crippen LogP contribution in [0, 0.1) is 22.3 Å². The molecule has 7 heteroatoms. The highest BCUT2D eigenvalue weighted by Crippen LogP contribution is 2.57. The first-order valence-corrected chi connectivity index (χ1v) is 12.0. The lowest BCUT2D eigenvalue weighted by Crippen LogP contribution is -2.51. The lowest BCUT2D eigenvalue weighted by Gasteiger charge is -2.27. The van der Waals surface area contributed by atoms with Crippen LogP contribution in [0.3, 0.4) is 0 Å². The predicted molar refractivity (Wildman–Crippen MR) is 131 cm³/mol. The number of hydrogen-bond acceptors (Lipinski definition) is 5. The first-order valence-electron chi connectivity index (χ1n) is 10.9. The summed E-state index contributed by atoms with van der Waals surface area (Å²) in [6.45, 7) is 1.94. The Morgan fingerprint density at radius 1 is 0.794 bits per heavy atom. The summed E-state index contributed by atoms with van der Waals surface area (Å²) in [5, 5.41) is 0. The number of ketones is 2. The van der Waals surface area contributed by atoms with Crippen molar-refractivity contribution < 1.29 is 23.9 Å². The van der Waals surface area contributed by atoms with Gasteiger partial charge in [-0.3, -0.25) is 19.2 Å². The van der Waals surface area contributed by atoms with E-state index in [0.29, 0.717) is 11.3 Å². The number of Topliss-reactive ketones (excluding diaryl/α,β-unsaturated/α-hetero) is 2. The van der Waals surface area contributed by atoms with Crippen molar-refractivity contribution in [2.75, 3.05) is 4.90 Å². The van der Waals surface area contributed by atoms with Gasteiger partial charge in [0.1, 0.15) is 0 Å². The van der Waals surface area contributed by atoms with Gasteiger partial charge in [0, 0.05) is 14.7 Å². The molecule has 2 aliphatic heterocycles. The highest BCUT2D eigenvalue weighted by molar-refractivity contribution is 14.1. The van der Waals surface area contributed by atoms with Crippen molar-refractivity contribution in [1.29, 1.82) is 0 Å². The van der Waals surface area contributed by atoms with Crippen molar-refractivity contribution in [2.24, 2.45) is 11.8 Å². The number of imide groups is 1. The van der Waals surface area contributed by atoms with E-state index in [0.717, 1.165) is 14.0 Å². The number of carbonyl (C=O) groups is 4. The van der Waals surface area contributed by atoms with E-state index in [1.165, 1.54) is 0 Å². The van der Waals surface area contributed by atoms with Crippen LogP contribution in [0.5, 0.6) is 0 Å². The second-order valence-electron chi connectivity index (χ2n) is 8.88. The average molecular weight is 563 g/mol. The lowest BCUT2D eigenvalue weighted by molar-refractivity contribution is -0.127. The molecule has 3 aromatic carbocycles. The van der Waals surface area contributed by atoms with Crippen molar-refractivity contribution in [3.63, 3.8) is 0 Å². The highest BCUT2D eigenvalue weighted by Gasteiger charge is 2.74. The molecule has 0 unspecified atom stereocenters. The van der Waals surface area contributed by atoms with E-state index in [-0.39, 0.29) is 11.1 Å². The summed E-state index contributed by atoms with van der Waals surface area (Å²) in [6, 6.07) is 20.9. The average Bonchev–Trinajstić information content (AvgIpc) is 3.40. The summed E-state index contributed by atoms with van der Waals surface area (Å²) in [5.74, 6) is -4.38. The van der Waals surface area contributed by atoms with Crippen LogP contribution in [0.15, 0.2) is 72.8 Å². The normalized spacial score (nSPS) is 24.8. The summed E-state index contributed by atoms with van der Waals surface area (Å²) < 4.78 is 7.24. The number of rotatable bonds is 2. The molecule has 34 heavy (non-hydrogen) atoms. The van der Waals surface area contributed by atoms with Crippen molar-refractivity contribution in [1.82, 2.24) is 0 Å². The molecule has 0 N–H and O–H groups in total. The molecule has 2 fully saturated rings. The van der Waals surface area contributed by atoms with Crippen LogP contribution in [0.2, 0.25) is 0 Å². The van der Waals surface area contributed by atoms with Crippen LogP contribution >= 0.6 is 22.6 Å². The van der Waals surface area contributed by atoms with Crippen molar-refractivity contribution in [2.45, 2.75) is 18.6 Å². The van der Waals surface area contributed by atoms with Crippen molar-refractivity contribution in [3.8, 4) is 0 Å². The Morgan fingerprint density at radius 2 is 1.38 bits per heavy atom. The number of hydrogen-bond donors (Lipinski definition) is 0. The Bertz CT molecular complexity index is 1360. The number of ether oxygens (including phenoxy) is 1. The fourth-order valence-electron chi connectivity index (χ4n) is 5.42. The zero-order valence-corrected chi connectivity index (χ0v) is 20.2. The Morgan fingerprint density at radius 3 is 1.97 bits per heavy atom. The Hall–Kier alpha value is -3.17. The molecule has 0 bridgehead atoms. The quantitative estimate of drug-likeness (QED) is 0.264. The molecule has 0 aromatic heterocycles. The molecule has 3 aromatic rings. The number of benzene rings is 3. The monoisotopic (exact) mass is 563 g/mol. The number of fused-ring (bicyclic) bond motifs is 3. The summed E-state index contributed by atoms with van der Waals surface area (Å²) in [7, 11) is 0. The van der Waals surface area contributed by atoms with Crippen molar-refractivity contribution in [3.05, 3.63) is 98.6 Å². The van der Waals surface area contributed by atoms with Gasteiger partial charge < -0.3 is 4.74 Å². The molecule has 2 heterocycles. The van der Waals surface area contributed by atoms with Crippen molar-refractivity contribution >= 4 is 51.7 Å². The molecule has 1 spiro atoms. The molecule has 2 saturated heterocycles. The number of nitrogens with zero attached hydrogens (tertiary/aromatic N) is 1. The van der Waals surface area contributed by atoms with Crippen LogP contribution in [-0.2, 0) is 14.3 Å². The highest BCUT2D eigenvalue weighted by atomic mass is 127. The van der Waals surface area contributed by atoms with Crippen LogP contribution in [0.4, 0.5) is 5.69 Å². The molecule has 6 nitrogen and oxygen atoms in total. The van der Waals surface area contributed by atoms with Gasteiger partial charge in [-0.05, 0) is 59.3 Å². The maximum atomic E-state index is 13.8. The standard InChI is InChI=1S/C27H18INO5/c1-14-6-8-15(9-7-14)22-20-21(26(33)29(25(20)32)17-12-10-16(28)11-13-17)27(34-22)23(30)18-4-2-3-5-19(18)24(27)31/h2-13,20-22H,1H3/t20-,21+,22-/m1/s1. The Labute approximate surface area is 209 Å². The number of carbonyl (C=O) groups excluding carboxylic acids is 4. The molecule has 6 rings (SSSR count). The molecule has 1 aliphatic carbocycles. The molecular formula is C27H18INO5. The summed E-state index contributed by atoms with van der Waals surface area (Å²) in [6.07, 6.45) is -0.905. The molecule has 0 saturated carbocycles. The molecule has 2 amide bonds. The van der Waals surface area contributed by atoms with E-state index in [1.54, 1.807) is 48.5 Å². The smallest absolute Gasteiger partial charge is 0.241 e. The van der Waals surface area contributed by atoms with E-state index in [1.807, 2.05) is 31.2 Å². The summed E-state index contributed by atoms with van der Waals surface area (Å²) >= 11 is 2.14. The largest absolute Gasteiger partial charge is 0.349 e. The van der Waals surface area contributed by atoms with E-state index >= 15 is 0 Å². The Balaban J connectivity index is 1.54. The molecule has 0 radical (unpaired) electrons. The van der Waals surface area contributed by atoms with Gasteiger partial charge in [-0.2, -0.15) is 0 Å². The van der Waals surface area contributed by atoms with Crippen LogP contribution in [0.25, 0.3) is 0 Å². The van der Waals surface area contributed by atoms with E-state index in [9.17, 15) is 19.2 Å². The third kappa shape index (κ3) is 2.71. The molecule has 168 valence electrons. The number of anilines is 1. The fraction of sp³-hybridized carbons (Fsp3) is 0.185. The SMILES string of the molecule is Cc1ccc([C@H]2OC3(C(=O)c4ccccc4C3=O)[C@@H]3C(=O)N(c4ccc(I)cc4)C(=O)[C@@H]23)cc1. The molecule has 3 atom stereocenters. The zero-order valence-electron chi connectivity index (χ0n) is 18.0. The second-order valence-corrected chi connectivity index (χ2v) is 10.1. The van der Waals surface area contributed by atoms with E-state index < -0.39 is 46.9 Å². The minimum absolute atomic E-state index is 0.226. The zero-order chi connectivity index (χ0) is 23.8. The van der Waals surface area contributed by atoms with Gasteiger partial charge in [0.15, 0.2) is 0 Å². The summed E-state index contributed by atoms with van der Waals surface area (Å²) in [4.78, 5) is 56.1. The van der Waals surface area contributed by atoms with Gasteiger partial charge in [-0.15, -0.1) is 0 Å². The summed E-state index contributed by atoms with van der Waals surface area (Å²) in [5.41, 5.74) is 0.488. The number of halogens is 1. The van der Waals surface area contributed by atoms with Gasteiger partial charge in [0.05, 0.1) is 23.6 Å². The fourth-order valence-corrected chi connectivity index (χ4v) is 5.78. The van der Waals surface area contributed by atoms with Gasteiger partial charge in [0.2, 0.25) is 29.0 Å². The number of aryl methyl sites for hydroxylation is 1. The predicted octanol–water partition coefficient (Wildman–Crippen LogP) is 4.29. The number of amides is 2. The van der Waals surface area contributed by atoms with Crippen LogP contribution in [-0.4, -0.2) is 29.0 Å². The third-order valence-corrected chi connectivity index (χ3v) is 7.73. The third-order valence-electron chi connectivity index (χ3n) is 7.01. The maximum Gasteiger partial charge on any atom is 0.241 e. The lowest BCUT2D eigenvalue weighted by atomic mass is 9.77. The van der Waals surface area contributed by atoms with Gasteiger partial charge in [-0.25, -0.2) is 4.90 Å². The van der Waals surface area contributed by atoms with Crippen LogP contribution < -0.4 is 4.90 Å². The van der Waals surface area contributed by atoms with Gasteiger partial charge in [0.25, 0.3) is 0 Å². The topological polar surface area (TPSA) is 80.8 Å². The van der Waals surface area contributed by atoms with Crippen LogP contribution in [0.1, 0.15) is 37.9 Å². The molecule has 3 aliphatic rings. The van der Waals surface area contributed by atoms with E-state index in [4.69, 9.17) is 4.74 Å². The molecular weight excluding hydrogens is 545 g/mol. The minimum atomic E-state index is -2.05. The first kappa shape index (κ1) is 21.4. The van der Waals surface area contributed by atoms with Gasteiger partial charge in [-0.1, -0.05) is 54.1 Å². The Kier molecular flexibility index (Phi) is 4.66. The minimum Gasteiger partial charge on any atom is -0.349 e. The van der Waals surface area contributed by atoms with E-state index in [2.05, 4.69) is 22.6 Å². The van der Waals surface area contributed by atoms with Gasteiger partial charge >= 0.3 is 0 Å². The first-order chi connectivity index (χ1) is 16.3.